The summed E-state index contributed by atoms with van der Waals surface area (Å²) in [6.45, 7) is 0. The highest BCUT2D eigenvalue weighted by Gasteiger charge is 2.21. The van der Waals surface area contributed by atoms with Gasteiger partial charge in [0.1, 0.15) is 5.58 Å². The van der Waals surface area contributed by atoms with Crippen LogP contribution >= 0.6 is 9.47 Å². The molecular formula is C24H17O2P. The van der Waals surface area contributed by atoms with E-state index < -0.39 is 0 Å². The van der Waals surface area contributed by atoms with E-state index in [-0.39, 0.29) is 0 Å². The van der Waals surface area contributed by atoms with E-state index >= 15 is 0 Å². The second kappa shape index (κ2) is 6.57. The van der Waals surface area contributed by atoms with Crippen molar-refractivity contribution >= 4 is 31.4 Å². The predicted molar refractivity (Wildman–Crippen MR) is 115 cm³/mol. The van der Waals surface area contributed by atoms with Crippen LogP contribution in [0.1, 0.15) is 0 Å². The number of para-hydroxylation sites is 1. The van der Waals surface area contributed by atoms with Gasteiger partial charge in [-0.25, -0.2) is 0 Å². The second-order valence-electron chi connectivity index (χ2n) is 6.45. The fourth-order valence-electron chi connectivity index (χ4n) is 3.71. The minimum Gasteiger partial charge on any atom is -0.476 e. The van der Waals surface area contributed by atoms with E-state index in [1.165, 1.54) is 0 Å². The minimum absolute atomic E-state index is 0.713. The first-order chi connectivity index (χ1) is 13.4. The van der Waals surface area contributed by atoms with Crippen molar-refractivity contribution in [2.24, 2.45) is 0 Å². The molecule has 1 unspecified atom stereocenters. The van der Waals surface area contributed by atoms with E-state index in [1.807, 2.05) is 30.3 Å². The highest BCUT2D eigenvalue weighted by Crippen LogP contribution is 2.47. The first-order valence-electron chi connectivity index (χ1n) is 8.82. The molecule has 5 aromatic rings. The SMILES string of the molecule is POc1cc(-c2ccccc2)c(-c2ccccc2)c2c1oc1ccccc12. The van der Waals surface area contributed by atoms with Crippen molar-refractivity contribution in [3.8, 4) is 28.0 Å². The van der Waals surface area contributed by atoms with Gasteiger partial charge in [-0.15, -0.1) is 0 Å². The molecule has 1 heterocycles. The molecule has 0 fully saturated rings. The van der Waals surface area contributed by atoms with Crippen LogP contribution in [0.2, 0.25) is 0 Å². The highest BCUT2D eigenvalue weighted by molar-refractivity contribution is 7.10. The summed E-state index contributed by atoms with van der Waals surface area (Å²) in [4.78, 5) is 0. The van der Waals surface area contributed by atoms with Crippen LogP contribution in [0.5, 0.6) is 5.75 Å². The van der Waals surface area contributed by atoms with Crippen LogP contribution in [0.25, 0.3) is 44.2 Å². The fourth-order valence-corrected chi connectivity index (χ4v) is 3.88. The Morgan fingerprint density at radius 1 is 0.704 bits per heavy atom. The lowest BCUT2D eigenvalue weighted by atomic mass is 9.90. The van der Waals surface area contributed by atoms with E-state index in [4.69, 9.17) is 8.94 Å². The number of hydrogen-bond donors (Lipinski definition) is 0. The number of fused-ring (bicyclic) bond motifs is 3. The summed E-state index contributed by atoms with van der Waals surface area (Å²) in [5.74, 6) is 0.713. The van der Waals surface area contributed by atoms with Crippen LogP contribution in [0.15, 0.2) is 95.4 Å². The first-order valence-corrected chi connectivity index (χ1v) is 9.30. The zero-order valence-electron chi connectivity index (χ0n) is 14.6. The molecule has 0 saturated carbocycles. The van der Waals surface area contributed by atoms with E-state index in [9.17, 15) is 0 Å². The van der Waals surface area contributed by atoms with Gasteiger partial charge < -0.3 is 8.94 Å². The summed E-state index contributed by atoms with van der Waals surface area (Å²) in [6.07, 6.45) is 0. The molecule has 0 aliphatic rings. The average molecular weight is 368 g/mol. The maximum Gasteiger partial charge on any atom is 0.178 e. The molecule has 0 bridgehead atoms. The summed E-state index contributed by atoms with van der Waals surface area (Å²) in [6, 6.07) is 31.1. The van der Waals surface area contributed by atoms with Crippen LogP contribution in [-0.4, -0.2) is 0 Å². The summed E-state index contributed by atoms with van der Waals surface area (Å²) in [7, 11) is 2.35. The molecule has 2 nitrogen and oxygen atoms in total. The molecule has 0 spiro atoms. The molecule has 0 saturated heterocycles. The summed E-state index contributed by atoms with van der Waals surface area (Å²) < 4.78 is 11.8. The quantitative estimate of drug-likeness (QED) is 0.317. The Morgan fingerprint density at radius 3 is 2.04 bits per heavy atom. The molecule has 0 radical (unpaired) electrons. The van der Waals surface area contributed by atoms with Gasteiger partial charge in [-0.05, 0) is 28.8 Å². The third-order valence-corrected chi connectivity index (χ3v) is 5.14. The van der Waals surface area contributed by atoms with Gasteiger partial charge in [0.2, 0.25) is 0 Å². The average Bonchev–Trinajstić information content (AvgIpc) is 3.13. The highest BCUT2D eigenvalue weighted by atomic mass is 31.0. The van der Waals surface area contributed by atoms with Gasteiger partial charge in [0.15, 0.2) is 11.3 Å². The Hall–Kier alpha value is -3.09. The number of benzene rings is 4. The Kier molecular flexibility index (Phi) is 3.92. The lowest BCUT2D eigenvalue weighted by Crippen LogP contribution is -1.89. The zero-order valence-corrected chi connectivity index (χ0v) is 15.7. The third kappa shape index (κ3) is 2.61. The molecule has 0 N–H and O–H groups in total. The Morgan fingerprint density at radius 2 is 1.33 bits per heavy atom. The second-order valence-corrected chi connectivity index (χ2v) is 6.69. The molecule has 5 rings (SSSR count). The van der Waals surface area contributed by atoms with E-state index in [0.29, 0.717) is 5.75 Å². The molecule has 0 aliphatic carbocycles. The molecule has 0 aliphatic heterocycles. The molecule has 130 valence electrons. The largest absolute Gasteiger partial charge is 0.476 e. The summed E-state index contributed by atoms with van der Waals surface area (Å²) in [5.41, 5.74) is 6.21. The molecule has 1 aromatic heterocycles. The van der Waals surface area contributed by atoms with Crippen LogP contribution in [0, 0.1) is 0 Å². The van der Waals surface area contributed by atoms with Crippen molar-refractivity contribution < 1.29 is 8.94 Å². The van der Waals surface area contributed by atoms with E-state index in [0.717, 1.165) is 44.2 Å². The van der Waals surface area contributed by atoms with Gasteiger partial charge in [0, 0.05) is 16.3 Å². The van der Waals surface area contributed by atoms with Gasteiger partial charge in [0.25, 0.3) is 0 Å². The number of hydrogen-bond acceptors (Lipinski definition) is 2. The predicted octanol–water partition coefficient (Wildman–Crippen LogP) is 7.09. The van der Waals surface area contributed by atoms with Crippen LogP contribution in [0.4, 0.5) is 0 Å². The lowest BCUT2D eigenvalue weighted by Gasteiger charge is -2.14. The van der Waals surface area contributed by atoms with Gasteiger partial charge in [-0.2, -0.15) is 0 Å². The van der Waals surface area contributed by atoms with Crippen LogP contribution in [0.3, 0.4) is 0 Å². The minimum atomic E-state index is 0.713. The summed E-state index contributed by atoms with van der Waals surface area (Å²) in [5, 5.41) is 2.17. The van der Waals surface area contributed by atoms with Crippen LogP contribution < -0.4 is 4.52 Å². The standard InChI is InChI=1S/C24H17O2P/c27-26-21-15-19(16-9-3-1-4-10-16)22(17-11-5-2-6-12-17)23-18-13-7-8-14-20(18)25-24(21)23/h1-15H,27H2. The Labute approximate surface area is 159 Å². The fraction of sp³-hybridized carbons (Fsp3) is 0. The topological polar surface area (TPSA) is 22.4 Å². The van der Waals surface area contributed by atoms with E-state index in [2.05, 4.69) is 70.1 Å². The van der Waals surface area contributed by atoms with Gasteiger partial charge in [-0.1, -0.05) is 78.9 Å². The van der Waals surface area contributed by atoms with Crippen molar-refractivity contribution in [3.05, 3.63) is 91.0 Å². The molecule has 3 heteroatoms. The number of rotatable bonds is 3. The normalized spacial score (nSPS) is 11.1. The third-order valence-electron chi connectivity index (χ3n) is 4.89. The van der Waals surface area contributed by atoms with Crippen molar-refractivity contribution in [1.29, 1.82) is 0 Å². The van der Waals surface area contributed by atoms with E-state index in [1.54, 1.807) is 0 Å². The Balaban J connectivity index is 2.01. The molecular weight excluding hydrogens is 351 g/mol. The van der Waals surface area contributed by atoms with Gasteiger partial charge in [-0.3, -0.25) is 0 Å². The smallest absolute Gasteiger partial charge is 0.178 e. The number of furan rings is 1. The monoisotopic (exact) mass is 368 g/mol. The van der Waals surface area contributed by atoms with Crippen molar-refractivity contribution in [1.82, 2.24) is 0 Å². The zero-order chi connectivity index (χ0) is 18.2. The van der Waals surface area contributed by atoms with Crippen molar-refractivity contribution in [2.75, 3.05) is 0 Å². The Bertz CT molecular complexity index is 1240. The first kappa shape index (κ1) is 16.1. The maximum atomic E-state index is 6.19. The van der Waals surface area contributed by atoms with Crippen LogP contribution in [-0.2, 0) is 0 Å². The van der Waals surface area contributed by atoms with Gasteiger partial charge >= 0.3 is 0 Å². The molecule has 27 heavy (non-hydrogen) atoms. The lowest BCUT2D eigenvalue weighted by molar-refractivity contribution is 0.606. The molecule has 4 aromatic carbocycles. The van der Waals surface area contributed by atoms with Crippen molar-refractivity contribution in [3.63, 3.8) is 0 Å². The van der Waals surface area contributed by atoms with Gasteiger partial charge in [0.05, 0.1) is 9.47 Å². The maximum absolute atomic E-state index is 6.19. The summed E-state index contributed by atoms with van der Waals surface area (Å²) >= 11 is 0. The molecule has 0 amide bonds. The van der Waals surface area contributed by atoms with Crippen molar-refractivity contribution in [2.45, 2.75) is 0 Å². The molecule has 1 atom stereocenters.